The van der Waals surface area contributed by atoms with Crippen LogP contribution >= 0.6 is 0 Å². The Kier molecular flexibility index (Phi) is 4.55. The Morgan fingerprint density at radius 2 is 1.96 bits per heavy atom. The largest absolute Gasteiger partial charge is 0.444 e. The number of benzene rings is 1. The molecule has 0 aliphatic carbocycles. The predicted octanol–water partition coefficient (Wildman–Crippen LogP) is 3.88. The maximum Gasteiger partial charge on any atom is 0.410 e. The summed E-state index contributed by atoms with van der Waals surface area (Å²) >= 11 is 0. The highest BCUT2D eigenvalue weighted by Crippen LogP contribution is 2.22. The maximum atomic E-state index is 12.1. The van der Waals surface area contributed by atoms with E-state index in [4.69, 9.17) is 9.37 Å². The van der Waals surface area contributed by atoms with Gasteiger partial charge >= 0.3 is 6.09 Å². The van der Waals surface area contributed by atoms with Gasteiger partial charge in [0.15, 0.2) is 0 Å². The number of fused-ring (bicyclic) bond motifs is 1. The van der Waals surface area contributed by atoms with Gasteiger partial charge in [-0.15, -0.1) is 0 Å². The number of rotatable bonds is 2. The molecule has 6 heteroatoms. The molecule has 1 aliphatic heterocycles. The second-order valence-electron chi connectivity index (χ2n) is 7.18. The molecule has 1 aliphatic rings. The minimum atomic E-state index is -0.442. The molecule has 128 valence electrons. The fourth-order valence-electron chi connectivity index (χ4n) is 2.75. The van der Waals surface area contributed by atoms with Crippen LogP contribution in [0.15, 0.2) is 28.9 Å². The Morgan fingerprint density at radius 3 is 2.67 bits per heavy atom. The summed E-state index contributed by atoms with van der Waals surface area (Å²) in [4.78, 5) is 13.9. The van der Waals surface area contributed by atoms with Crippen LogP contribution in [-0.4, -0.2) is 40.0 Å². The molecule has 0 spiro atoms. The van der Waals surface area contributed by atoms with Gasteiger partial charge < -0.3 is 9.64 Å². The third-order valence-electron chi connectivity index (χ3n) is 4.03. The van der Waals surface area contributed by atoms with Crippen LogP contribution in [0.5, 0.6) is 0 Å². The smallest absolute Gasteiger partial charge is 0.410 e. The highest BCUT2D eigenvalue weighted by atomic mass is 16.6. The SMILES string of the molecule is CC(C)(C)OC(=O)N1CCC(C=Cc2ccc3nonc3c2)CC1. The fourth-order valence-corrected chi connectivity index (χ4v) is 2.75. The van der Waals surface area contributed by atoms with Crippen molar-refractivity contribution in [2.24, 2.45) is 5.92 Å². The molecular formula is C18H23N3O3. The quantitative estimate of drug-likeness (QED) is 0.836. The first-order valence-electron chi connectivity index (χ1n) is 8.29. The summed E-state index contributed by atoms with van der Waals surface area (Å²) < 4.78 is 10.1. The van der Waals surface area contributed by atoms with Gasteiger partial charge in [-0.05, 0) is 67.5 Å². The van der Waals surface area contributed by atoms with E-state index in [-0.39, 0.29) is 6.09 Å². The Morgan fingerprint density at radius 1 is 1.25 bits per heavy atom. The van der Waals surface area contributed by atoms with Crippen LogP contribution in [0.3, 0.4) is 0 Å². The molecule has 0 unspecified atom stereocenters. The van der Waals surface area contributed by atoms with Gasteiger partial charge in [0.2, 0.25) is 0 Å². The van der Waals surface area contributed by atoms with E-state index in [1.165, 1.54) is 0 Å². The van der Waals surface area contributed by atoms with E-state index in [0.717, 1.165) is 42.5 Å². The molecule has 0 radical (unpaired) electrons. The minimum Gasteiger partial charge on any atom is -0.444 e. The van der Waals surface area contributed by atoms with Crippen molar-refractivity contribution in [3.63, 3.8) is 0 Å². The van der Waals surface area contributed by atoms with Crippen LogP contribution in [0.2, 0.25) is 0 Å². The molecule has 3 rings (SSSR count). The van der Waals surface area contributed by atoms with Crippen molar-refractivity contribution < 1.29 is 14.2 Å². The van der Waals surface area contributed by atoms with E-state index < -0.39 is 5.60 Å². The van der Waals surface area contributed by atoms with Crippen LogP contribution < -0.4 is 0 Å². The Hall–Kier alpha value is -2.37. The van der Waals surface area contributed by atoms with Crippen molar-refractivity contribution in [1.82, 2.24) is 15.2 Å². The van der Waals surface area contributed by atoms with E-state index >= 15 is 0 Å². The molecule has 0 N–H and O–H groups in total. The molecule has 0 bridgehead atoms. The van der Waals surface area contributed by atoms with Gasteiger partial charge in [0, 0.05) is 13.1 Å². The standard InChI is InChI=1S/C18H23N3O3/c1-18(2,3)23-17(22)21-10-8-13(9-11-21)4-5-14-6-7-15-16(12-14)20-24-19-15/h4-7,12-13H,8-11H2,1-3H3. The summed E-state index contributed by atoms with van der Waals surface area (Å²) in [6.07, 6.45) is 5.99. The first kappa shape index (κ1) is 16.5. The molecule has 24 heavy (non-hydrogen) atoms. The molecule has 0 atom stereocenters. The number of hydrogen-bond donors (Lipinski definition) is 0. The first-order chi connectivity index (χ1) is 11.4. The minimum absolute atomic E-state index is 0.214. The number of allylic oxidation sites excluding steroid dienone is 1. The monoisotopic (exact) mass is 329 g/mol. The zero-order valence-electron chi connectivity index (χ0n) is 14.4. The van der Waals surface area contributed by atoms with Crippen molar-refractivity contribution in [2.45, 2.75) is 39.2 Å². The van der Waals surface area contributed by atoms with Crippen LogP contribution in [0.1, 0.15) is 39.2 Å². The summed E-state index contributed by atoms with van der Waals surface area (Å²) in [5.41, 5.74) is 2.16. The van der Waals surface area contributed by atoms with Gasteiger partial charge in [-0.1, -0.05) is 18.2 Å². The predicted molar refractivity (Wildman–Crippen MR) is 91.4 cm³/mol. The zero-order chi connectivity index (χ0) is 17.2. The maximum absolute atomic E-state index is 12.1. The summed E-state index contributed by atoms with van der Waals surface area (Å²) in [6, 6.07) is 5.85. The molecule has 1 saturated heterocycles. The second-order valence-corrected chi connectivity index (χ2v) is 7.18. The molecule has 0 saturated carbocycles. The summed E-state index contributed by atoms with van der Waals surface area (Å²) in [6.45, 7) is 7.14. The average molecular weight is 329 g/mol. The van der Waals surface area contributed by atoms with Crippen molar-refractivity contribution in [1.29, 1.82) is 0 Å². The van der Waals surface area contributed by atoms with Gasteiger partial charge in [-0.25, -0.2) is 9.42 Å². The summed E-state index contributed by atoms with van der Waals surface area (Å²) in [5.74, 6) is 0.467. The van der Waals surface area contributed by atoms with Crippen molar-refractivity contribution in [3.05, 3.63) is 29.8 Å². The number of nitrogens with zero attached hydrogens (tertiary/aromatic N) is 3. The molecule has 2 aromatic rings. The van der Waals surface area contributed by atoms with E-state index in [1.807, 2.05) is 39.0 Å². The lowest BCUT2D eigenvalue weighted by molar-refractivity contribution is 0.0197. The van der Waals surface area contributed by atoms with E-state index in [2.05, 4.69) is 22.5 Å². The van der Waals surface area contributed by atoms with Crippen molar-refractivity contribution in [2.75, 3.05) is 13.1 Å². The molecule has 1 aromatic heterocycles. The molecule has 6 nitrogen and oxygen atoms in total. The van der Waals surface area contributed by atoms with Gasteiger partial charge in [-0.2, -0.15) is 0 Å². The summed E-state index contributed by atoms with van der Waals surface area (Å²) in [5, 5.41) is 7.65. The number of amides is 1. The zero-order valence-corrected chi connectivity index (χ0v) is 14.4. The normalized spacial score (nSPS) is 16.9. The number of aromatic nitrogens is 2. The van der Waals surface area contributed by atoms with E-state index in [9.17, 15) is 4.79 Å². The molecular weight excluding hydrogens is 306 g/mol. The van der Waals surface area contributed by atoms with Gasteiger partial charge in [-0.3, -0.25) is 0 Å². The van der Waals surface area contributed by atoms with E-state index in [0.29, 0.717) is 5.92 Å². The highest BCUT2D eigenvalue weighted by molar-refractivity contribution is 5.76. The lowest BCUT2D eigenvalue weighted by Gasteiger charge is -2.32. The van der Waals surface area contributed by atoms with Crippen LogP contribution in [0.25, 0.3) is 17.1 Å². The topological polar surface area (TPSA) is 68.5 Å². The van der Waals surface area contributed by atoms with Crippen molar-refractivity contribution in [3.8, 4) is 0 Å². The molecule has 2 heterocycles. The first-order valence-corrected chi connectivity index (χ1v) is 8.29. The Bertz CT molecular complexity index is 737. The molecule has 1 aromatic carbocycles. The molecule has 1 fully saturated rings. The number of piperidine rings is 1. The lowest BCUT2D eigenvalue weighted by atomic mass is 9.96. The van der Waals surface area contributed by atoms with Gasteiger partial charge in [0.05, 0.1) is 0 Å². The number of likely N-dealkylation sites (tertiary alicyclic amines) is 1. The number of carbonyl (C=O) groups excluding carboxylic acids is 1. The van der Waals surface area contributed by atoms with Crippen molar-refractivity contribution >= 4 is 23.2 Å². The fraction of sp³-hybridized carbons (Fsp3) is 0.500. The number of carbonyl (C=O) groups is 1. The Balaban J connectivity index is 1.54. The number of ether oxygens (including phenoxy) is 1. The van der Waals surface area contributed by atoms with Gasteiger partial charge in [0.1, 0.15) is 16.6 Å². The van der Waals surface area contributed by atoms with Gasteiger partial charge in [0.25, 0.3) is 0 Å². The van der Waals surface area contributed by atoms with Crippen LogP contribution in [-0.2, 0) is 4.74 Å². The second kappa shape index (κ2) is 6.63. The lowest BCUT2D eigenvalue weighted by Crippen LogP contribution is -2.41. The van der Waals surface area contributed by atoms with E-state index in [1.54, 1.807) is 4.90 Å². The number of hydrogen-bond acceptors (Lipinski definition) is 5. The van der Waals surface area contributed by atoms with Crippen LogP contribution in [0, 0.1) is 5.92 Å². The third-order valence-corrected chi connectivity index (χ3v) is 4.03. The molecule has 1 amide bonds. The van der Waals surface area contributed by atoms with Crippen LogP contribution in [0.4, 0.5) is 4.79 Å². The highest BCUT2D eigenvalue weighted by Gasteiger charge is 2.25. The Labute approximate surface area is 141 Å². The third kappa shape index (κ3) is 4.13. The summed E-state index contributed by atoms with van der Waals surface area (Å²) in [7, 11) is 0. The average Bonchev–Trinajstić information content (AvgIpc) is 2.99.